The minimum absolute atomic E-state index is 0.158. The summed E-state index contributed by atoms with van der Waals surface area (Å²) in [5, 5.41) is 14.0. The Bertz CT molecular complexity index is 677. The summed E-state index contributed by atoms with van der Waals surface area (Å²) in [5.74, 6) is 0.531. The van der Waals surface area contributed by atoms with E-state index in [4.69, 9.17) is 16.6 Å². The van der Waals surface area contributed by atoms with Gasteiger partial charge in [-0.3, -0.25) is 0 Å². The summed E-state index contributed by atoms with van der Waals surface area (Å²) in [6.07, 6.45) is 1.50. The molecular weight excluding hydrogens is 354 g/mol. The fourth-order valence-corrected chi connectivity index (χ4v) is 3.17. The van der Waals surface area contributed by atoms with Gasteiger partial charge in [-0.2, -0.15) is 4.68 Å². The van der Waals surface area contributed by atoms with E-state index < -0.39 is 0 Å². The standard InChI is InChI=1S/C14H16BrN3O2S/c15-12-4-2-1-3-11(12)13-16-18(14(21)20-13)9-17-7-5-10(19)6-8-17/h1-4,10,19H,5-9H2/p+1. The van der Waals surface area contributed by atoms with E-state index in [1.165, 1.54) is 4.90 Å². The van der Waals surface area contributed by atoms with Crippen LogP contribution in [0.1, 0.15) is 12.8 Å². The number of likely N-dealkylation sites (tertiary alicyclic amines) is 1. The molecular formula is C14H17BrN3O2S+. The number of aliphatic hydroxyl groups is 1. The van der Waals surface area contributed by atoms with Crippen molar-refractivity contribution in [2.75, 3.05) is 13.1 Å². The van der Waals surface area contributed by atoms with Crippen molar-refractivity contribution >= 4 is 28.1 Å². The first kappa shape index (κ1) is 14.9. The van der Waals surface area contributed by atoms with E-state index in [-0.39, 0.29) is 6.10 Å². The topological polar surface area (TPSA) is 55.6 Å². The van der Waals surface area contributed by atoms with Gasteiger partial charge in [0.1, 0.15) is 0 Å². The molecule has 0 radical (unpaired) electrons. The zero-order chi connectivity index (χ0) is 14.8. The molecule has 5 nitrogen and oxygen atoms in total. The van der Waals surface area contributed by atoms with E-state index in [0.717, 1.165) is 36.0 Å². The molecule has 0 atom stereocenters. The van der Waals surface area contributed by atoms with Crippen molar-refractivity contribution in [2.24, 2.45) is 0 Å². The van der Waals surface area contributed by atoms with Crippen LogP contribution < -0.4 is 4.90 Å². The molecule has 2 heterocycles. The van der Waals surface area contributed by atoms with E-state index in [1.54, 1.807) is 4.68 Å². The van der Waals surface area contributed by atoms with Gasteiger partial charge < -0.3 is 14.4 Å². The molecule has 0 amide bonds. The quantitative estimate of drug-likeness (QED) is 0.806. The summed E-state index contributed by atoms with van der Waals surface area (Å²) in [5.41, 5.74) is 0.895. The highest BCUT2D eigenvalue weighted by molar-refractivity contribution is 9.10. The van der Waals surface area contributed by atoms with Crippen LogP contribution in [0.4, 0.5) is 0 Å². The van der Waals surface area contributed by atoms with Crippen molar-refractivity contribution in [3.63, 3.8) is 0 Å². The summed E-state index contributed by atoms with van der Waals surface area (Å²) in [7, 11) is 0. The molecule has 1 aromatic carbocycles. The molecule has 2 aromatic rings. The number of hydrogen-bond acceptors (Lipinski definition) is 4. The molecule has 1 fully saturated rings. The Morgan fingerprint density at radius 2 is 2.10 bits per heavy atom. The largest absolute Gasteiger partial charge is 0.409 e. The first-order chi connectivity index (χ1) is 10.1. The van der Waals surface area contributed by atoms with Crippen molar-refractivity contribution in [3.05, 3.63) is 33.6 Å². The summed E-state index contributed by atoms with van der Waals surface area (Å²) in [4.78, 5) is 1.75. The lowest BCUT2D eigenvalue weighted by Gasteiger charge is -2.25. The third kappa shape index (κ3) is 3.42. The van der Waals surface area contributed by atoms with Crippen LogP contribution in [-0.2, 0) is 6.67 Å². The van der Waals surface area contributed by atoms with Gasteiger partial charge >= 0.3 is 0 Å². The van der Waals surface area contributed by atoms with Crippen LogP contribution in [0.2, 0.25) is 0 Å². The second-order valence-corrected chi connectivity index (χ2v) is 6.50. The smallest absolute Gasteiger partial charge is 0.292 e. The Morgan fingerprint density at radius 1 is 1.38 bits per heavy atom. The number of piperidine rings is 1. The number of nitrogens with one attached hydrogen (secondary N) is 1. The van der Waals surface area contributed by atoms with Gasteiger partial charge in [0, 0.05) is 17.3 Å². The van der Waals surface area contributed by atoms with Crippen molar-refractivity contribution in [3.8, 4) is 11.5 Å². The fraction of sp³-hybridized carbons (Fsp3) is 0.429. The van der Waals surface area contributed by atoms with Crippen molar-refractivity contribution in [1.82, 2.24) is 9.78 Å². The van der Waals surface area contributed by atoms with Gasteiger partial charge in [0.05, 0.1) is 24.8 Å². The molecule has 3 rings (SSSR count). The summed E-state index contributed by atoms with van der Waals surface area (Å²) in [6, 6.07) is 7.78. The molecule has 1 aromatic heterocycles. The highest BCUT2D eigenvalue weighted by Crippen LogP contribution is 2.26. The normalized spacial score (nSPS) is 22.4. The maximum Gasteiger partial charge on any atom is 0.292 e. The third-order valence-corrected chi connectivity index (χ3v) is 4.73. The number of rotatable bonds is 3. The van der Waals surface area contributed by atoms with Crippen molar-refractivity contribution in [2.45, 2.75) is 25.6 Å². The van der Waals surface area contributed by atoms with Crippen LogP contribution in [-0.4, -0.2) is 34.1 Å². The minimum Gasteiger partial charge on any atom is -0.409 e. The second-order valence-electron chi connectivity index (χ2n) is 5.29. The van der Waals surface area contributed by atoms with E-state index >= 15 is 0 Å². The van der Waals surface area contributed by atoms with E-state index in [9.17, 15) is 5.11 Å². The molecule has 1 saturated heterocycles. The number of aliphatic hydroxyl groups excluding tert-OH is 1. The van der Waals surface area contributed by atoms with Crippen LogP contribution in [0.3, 0.4) is 0 Å². The molecule has 21 heavy (non-hydrogen) atoms. The second kappa shape index (κ2) is 6.39. The molecule has 112 valence electrons. The first-order valence-corrected chi connectivity index (χ1v) is 8.18. The summed E-state index contributed by atoms with van der Waals surface area (Å²) in [6.45, 7) is 2.54. The lowest BCUT2D eigenvalue weighted by molar-refractivity contribution is -0.929. The average Bonchev–Trinajstić information content (AvgIpc) is 2.83. The average molecular weight is 371 g/mol. The van der Waals surface area contributed by atoms with Gasteiger partial charge in [-0.1, -0.05) is 12.1 Å². The Morgan fingerprint density at radius 3 is 2.81 bits per heavy atom. The number of quaternary nitrogens is 1. The van der Waals surface area contributed by atoms with Crippen LogP contribution in [0, 0.1) is 4.84 Å². The Kier molecular flexibility index (Phi) is 4.54. The third-order valence-electron chi connectivity index (χ3n) is 3.75. The minimum atomic E-state index is -0.158. The first-order valence-electron chi connectivity index (χ1n) is 6.98. The molecule has 0 aliphatic carbocycles. The zero-order valence-electron chi connectivity index (χ0n) is 11.5. The Labute approximate surface area is 136 Å². The molecule has 0 saturated carbocycles. The predicted octanol–water partition coefficient (Wildman–Crippen LogP) is 1.63. The summed E-state index contributed by atoms with van der Waals surface area (Å²) >= 11 is 8.76. The van der Waals surface area contributed by atoms with Crippen LogP contribution in [0.5, 0.6) is 0 Å². The number of benzene rings is 1. The van der Waals surface area contributed by atoms with Gasteiger partial charge in [0.25, 0.3) is 4.84 Å². The van der Waals surface area contributed by atoms with Crippen molar-refractivity contribution < 1.29 is 14.4 Å². The van der Waals surface area contributed by atoms with E-state index in [1.807, 2.05) is 24.3 Å². The van der Waals surface area contributed by atoms with Crippen LogP contribution in [0.25, 0.3) is 11.5 Å². The molecule has 1 aliphatic rings. The lowest BCUT2D eigenvalue weighted by Crippen LogP contribution is -3.12. The Hall–Kier alpha value is -1.02. The molecule has 0 bridgehead atoms. The number of nitrogens with zero attached hydrogens (tertiary/aromatic N) is 2. The van der Waals surface area contributed by atoms with E-state index in [2.05, 4.69) is 21.0 Å². The highest BCUT2D eigenvalue weighted by Gasteiger charge is 2.21. The maximum absolute atomic E-state index is 9.55. The molecule has 7 heteroatoms. The zero-order valence-corrected chi connectivity index (χ0v) is 13.9. The number of halogens is 1. The number of aromatic nitrogens is 2. The van der Waals surface area contributed by atoms with Crippen molar-refractivity contribution in [1.29, 1.82) is 0 Å². The van der Waals surface area contributed by atoms with E-state index in [0.29, 0.717) is 17.4 Å². The molecule has 0 spiro atoms. The van der Waals surface area contributed by atoms with Crippen LogP contribution >= 0.6 is 28.1 Å². The summed E-state index contributed by atoms with van der Waals surface area (Å²) < 4.78 is 8.28. The Balaban J connectivity index is 1.79. The molecule has 1 aliphatic heterocycles. The van der Waals surface area contributed by atoms with Gasteiger partial charge in [-0.15, -0.1) is 5.10 Å². The fourth-order valence-electron chi connectivity index (χ4n) is 2.53. The van der Waals surface area contributed by atoms with Gasteiger partial charge in [0.2, 0.25) is 5.89 Å². The lowest BCUT2D eigenvalue weighted by atomic mass is 10.1. The van der Waals surface area contributed by atoms with Gasteiger partial charge in [0.15, 0.2) is 6.67 Å². The van der Waals surface area contributed by atoms with Crippen LogP contribution in [0.15, 0.2) is 33.2 Å². The molecule has 2 N–H and O–H groups in total. The predicted molar refractivity (Wildman–Crippen MR) is 84.4 cm³/mol. The monoisotopic (exact) mass is 370 g/mol. The maximum atomic E-state index is 9.55. The molecule has 0 unspecified atom stereocenters. The number of hydrogen-bond donors (Lipinski definition) is 2. The van der Waals surface area contributed by atoms with Gasteiger partial charge in [-0.05, 0) is 40.3 Å². The van der Waals surface area contributed by atoms with Gasteiger partial charge in [-0.25, -0.2) is 0 Å². The highest BCUT2D eigenvalue weighted by atomic mass is 79.9. The SMILES string of the molecule is OC1CC[NH+](Cn2nc(-c3ccccc3Br)oc2=S)CC1.